The maximum absolute atomic E-state index is 9.97. The minimum Gasteiger partial charge on any atom is -0.381 e. The molecule has 188 valence electrons. The number of anilines is 2. The molecule has 3 atom stereocenters. The largest absolute Gasteiger partial charge is 0.381 e. The van der Waals surface area contributed by atoms with Crippen LogP contribution in [0.1, 0.15) is 37.1 Å². The summed E-state index contributed by atoms with van der Waals surface area (Å²) >= 11 is 0. The van der Waals surface area contributed by atoms with E-state index < -0.39 is 11.5 Å². The van der Waals surface area contributed by atoms with Crippen LogP contribution >= 0.6 is 0 Å². The highest BCUT2D eigenvalue weighted by Gasteiger charge is 2.43. The summed E-state index contributed by atoms with van der Waals surface area (Å²) in [7, 11) is 1.77. The molecule has 0 saturated carbocycles. The molecular formula is C28H33N5O3. The molecule has 1 aromatic heterocycles. The molecule has 3 heterocycles. The van der Waals surface area contributed by atoms with Crippen molar-refractivity contribution in [3.63, 3.8) is 0 Å². The summed E-state index contributed by atoms with van der Waals surface area (Å²) in [5, 5.41) is 13.3. The standard InChI is InChI=1S/C28H33N5O3/c1-20(33-18-25(19-33)34-2)21-6-8-23(9-7-21)31-27-30-14-10-26(32-27)28(13-4-3-5-22(28)17-29)36-24-11-15-35-16-12-24/h3-10,13-14,20,22,24-25H,11-12,15-16,18-19H2,1-2H3,(H,30,31,32). The lowest BCUT2D eigenvalue weighted by atomic mass is 9.81. The van der Waals surface area contributed by atoms with Gasteiger partial charge in [-0.3, -0.25) is 4.90 Å². The van der Waals surface area contributed by atoms with E-state index >= 15 is 0 Å². The minimum absolute atomic E-state index is 0.00256. The van der Waals surface area contributed by atoms with Gasteiger partial charge in [0.25, 0.3) is 0 Å². The van der Waals surface area contributed by atoms with Crippen molar-refractivity contribution in [2.75, 3.05) is 38.7 Å². The maximum atomic E-state index is 9.97. The van der Waals surface area contributed by atoms with Gasteiger partial charge < -0.3 is 19.5 Å². The zero-order chi connectivity index (χ0) is 25.0. The molecule has 1 N–H and O–H groups in total. The van der Waals surface area contributed by atoms with Gasteiger partial charge in [-0.25, -0.2) is 9.97 Å². The van der Waals surface area contributed by atoms with Crippen molar-refractivity contribution in [3.05, 3.63) is 72.1 Å². The van der Waals surface area contributed by atoms with Crippen molar-refractivity contribution in [3.8, 4) is 6.07 Å². The SMILES string of the molecule is COC1CN(C(C)c2ccc(Nc3nccc(C4(OC5CCOCC5)C=CC=CC4C#N)n3)cc2)C1. The molecule has 2 aliphatic heterocycles. The molecule has 3 unspecified atom stereocenters. The molecule has 2 saturated heterocycles. The molecule has 3 aliphatic rings. The fourth-order valence-electron chi connectivity index (χ4n) is 5.00. The van der Waals surface area contributed by atoms with E-state index in [0.29, 0.717) is 37.0 Å². The molecule has 5 rings (SSSR count). The van der Waals surface area contributed by atoms with Crippen LogP contribution in [0, 0.1) is 17.2 Å². The van der Waals surface area contributed by atoms with Gasteiger partial charge in [0, 0.05) is 51.3 Å². The van der Waals surface area contributed by atoms with E-state index in [0.717, 1.165) is 31.6 Å². The zero-order valence-electron chi connectivity index (χ0n) is 20.8. The molecular weight excluding hydrogens is 454 g/mol. The monoisotopic (exact) mass is 487 g/mol. The number of nitrogens with zero attached hydrogens (tertiary/aromatic N) is 4. The van der Waals surface area contributed by atoms with Gasteiger partial charge in [-0.15, -0.1) is 0 Å². The van der Waals surface area contributed by atoms with E-state index in [1.807, 2.05) is 42.5 Å². The Kier molecular flexibility index (Phi) is 7.44. The van der Waals surface area contributed by atoms with E-state index in [-0.39, 0.29) is 6.10 Å². The van der Waals surface area contributed by atoms with Gasteiger partial charge in [-0.2, -0.15) is 5.26 Å². The first-order valence-electron chi connectivity index (χ1n) is 12.6. The number of nitrogens with one attached hydrogen (secondary N) is 1. The van der Waals surface area contributed by atoms with Crippen molar-refractivity contribution in [1.82, 2.24) is 14.9 Å². The summed E-state index contributed by atoms with van der Waals surface area (Å²) in [4.78, 5) is 11.7. The van der Waals surface area contributed by atoms with E-state index in [1.54, 1.807) is 13.3 Å². The van der Waals surface area contributed by atoms with Gasteiger partial charge in [0.15, 0.2) is 0 Å². The van der Waals surface area contributed by atoms with Crippen LogP contribution in [0.5, 0.6) is 0 Å². The Morgan fingerprint density at radius 1 is 1.14 bits per heavy atom. The van der Waals surface area contributed by atoms with Crippen LogP contribution in [0.2, 0.25) is 0 Å². The average Bonchev–Trinajstić information content (AvgIpc) is 2.89. The van der Waals surface area contributed by atoms with Gasteiger partial charge in [0.2, 0.25) is 5.95 Å². The summed E-state index contributed by atoms with van der Waals surface area (Å²) in [6.07, 6.45) is 11.3. The van der Waals surface area contributed by atoms with Crippen molar-refractivity contribution < 1.29 is 14.2 Å². The molecule has 0 bridgehead atoms. The fraction of sp³-hybridized carbons (Fsp3) is 0.464. The Bertz CT molecular complexity index is 1130. The quantitative estimate of drug-likeness (QED) is 0.590. The first kappa shape index (κ1) is 24.6. The van der Waals surface area contributed by atoms with Gasteiger partial charge in [0.05, 0.1) is 24.0 Å². The Balaban J connectivity index is 1.34. The summed E-state index contributed by atoms with van der Waals surface area (Å²) in [6, 6.07) is 12.9. The number of hydrogen-bond donors (Lipinski definition) is 1. The van der Waals surface area contributed by atoms with E-state index in [9.17, 15) is 5.26 Å². The second-order valence-corrected chi connectivity index (χ2v) is 9.57. The number of hydrogen-bond acceptors (Lipinski definition) is 8. The van der Waals surface area contributed by atoms with Crippen molar-refractivity contribution >= 4 is 11.6 Å². The maximum Gasteiger partial charge on any atom is 0.227 e. The third kappa shape index (κ3) is 5.06. The van der Waals surface area contributed by atoms with Crippen molar-refractivity contribution in [1.29, 1.82) is 5.26 Å². The van der Waals surface area contributed by atoms with E-state index in [1.165, 1.54) is 5.56 Å². The van der Waals surface area contributed by atoms with Crippen LogP contribution in [-0.4, -0.2) is 60.5 Å². The first-order chi connectivity index (χ1) is 17.6. The van der Waals surface area contributed by atoms with Crippen LogP contribution in [0.15, 0.2) is 60.8 Å². The number of ether oxygens (including phenoxy) is 3. The van der Waals surface area contributed by atoms with Gasteiger partial charge >= 0.3 is 0 Å². The lowest BCUT2D eigenvalue weighted by Crippen LogP contribution is -2.52. The topological polar surface area (TPSA) is 92.5 Å². The highest BCUT2D eigenvalue weighted by atomic mass is 16.5. The van der Waals surface area contributed by atoms with Gasteiger partial charge in [-0.05, 0) is 49.6 Å². The lowest BCUT2D eigenvalue weighted by Gasteiger charge is -2.42. The Morgan fingerprint density at radius 2 is 1.92 bits per heavy atom. The molecule has 2 aromatic rings. The number of aromatic nitrogens is 2. The summed E-state index contributed by atoms with van der Waals surface area (Å²) < 4.78 is 17.5. The van der Waals surface area contributed by atoms with Crippen LogP contribution in [0.25, 0.3) is 0 Å². The molecule has 0 spiro atoms. The zero-order valence-corrected chi connectivity index (χ0v) is 20.8. The van der Waals surface area contributed by atoms with Crippen LogP contribution in [0.4, 0.5) is 11.6 Å². The average molecular weight is 488 g/mol. The predicted octanol–water partition coefficient (Wildman–Crippen LogP) is 4.27. The Labute approximate surface area is 212 Å². The van der Waals surface area contributed by atoms with Crippen LogP contribution in [0.3, 0.4) is 0 Å². The summed E-state index contributed by atoms with van der Waals surface area (Å²) in [6.45, 7) is 5.46. The lowest BCUT2D eigenvalue weighted by molar-refractivity contribution is -0.119. The highest BCUT2D eigenvalue weighted by molar-refractivity contribution is 5.54. The molecule has 2 fully saturated rings. The molecule has 8 heteroatoms. The number of likely N-dealkylation sites (tertiary alicyclic amines) is 1. The number of nitriles is 1. The third-order valence-electron chi connectivity index (χ3n) is 7.35. The van der Waals surface area contributed by atoms with E-state index in [4.69, 9.17) is 19.2 Å². The minimum atomic E-state index is -0.971. The normalized spacial score (nSPS) is 25.8. The smallest absolute Gasteiger partial charge is 0.227 e. The number of rotatable bonds is 8. The van der Waals surface area contributed by atoms with Crippen LogP contribution < -0.4 is 5.32 Å². The molecule has 1 aromatic carbocycles. The molecule has 36 heavy (non-hydrogen) atoms. The van der Waals surface area contributed by atoms with Crippen molar-refractivity contribution in [2.45, 2.75) is 43.6 Å². The molecule has 1 aliphatic carbocycles. The van der Waals surface area contributed by atoms with Crippen LogP contribution in [-0.2, 0) is 19.8 Å². The molecule has 0 radical (unpaired) electrons. The fourth-order valence-corrected chi connectivity index (χ4v) is 5.00. The van der Waals surface area contributed by atoms with E-state index in [2.05, 4.69) is 40.3 Å². The third-order valence-corrected chi connectivity index (χ3v) is 7.35. The number of allylic oxidation sites excluding steroid dienone is 2. The second kappa shape index (κ2) is 10.9. The number of benzene rings is 1. The Hall–Kier alpha value is -3.09. The molecule has 8 nitrogen and oxygen atoms in total. The van der Waals surface area contributed by atoms with Gasteiger partial charge in [-0.1, -0.05) is 30.4 Å². The molecule has 0 amide bonds. The van der Waals surface area contributed by atoms with Crippen molar-refractivity contribution in [2.24, 2.45) is 5.92 Å². The number of methoxy groups -OCH3 is 1. The first-order valence-corrected chi connectivity index (χ1v) is 12.6. The highest BCUT2D eigenvalue weighted by Crippen LogP contribution is 2.40. The summed E-state index contributed by atoms with van der Waals surface area (Å²) in [5.74, 6) is -0.0262. The second-order valence-electron chi connectivity index (χ2n) is 9.57. The summed E-state index contributed by atoms with van der Waals surface area (Å²) in [5.41, 5.74) is 1.84. The Morgan fingerprint density at radius 3 is 2.64 bits per heavy atom. The predicted molar refractivity (Wildman–Crippen MR) is 137 cm³/mol. The van der Waals surface area contributed by atoms with Gasteiger partial charge in [0.1, 0.15) is 11.5 Å².